The molecule has 144 valence electrons. The van der Waals surface area contributed by atoms with E-state index in [1.807, 2.05) is 6.07 Å². The minimum Gasteiger partial charge on any atom is -0.485 e. The van der Waals surface area contributed by atoms with Crippen LogP contribution in [0.3, 0.4) is 0 Å². The first kappa shape index (κ1) is 19.2. The largest absolute Gasteiger partial charge is 0.485 e. The molecule has 1 aliphatic heterocycles. The van der Waals surface area contributed by atoms with Gasteiger partial charge in [0, 0.05) is 11.6 Å². The fraction of sp³-hybridized carbons (Fsp3) is 0.0435. The van der Waals surface area contributed by atoms with E-state index in [9.17, 15) is 9.59 Å². The predicted octanol–water partition coefficient (Wildman–Crippen LogP) is 5.87. The Labute approximate surface area is 177 Å². The third-order valence-corrected chi connectivity index (χ3v) is 5.21. The van der Waals surface area contributed by atoms with E-state index in [1.54, 1.807) is 66.7 Å². The highest BCUT2D eigenvalue weighted by atomic mass is 35.5. The van der Waals surface area contributed by atoms with E-state index in [1.165, 1.54) is 0 Å². The topological polar surface area (TPSA) is 52.6 Å². The Morgan fingerprint density at radius 1 is 1.00 bits per heavy atom. The van der Waals surface area contributed by atoms with E-state index in [0.29, 0.717) is 38.2 Å². The van der Waals surface area contributed by atoms with Gasteiger partial charge in [0.1, 0.15) is 11.5 Å². The number of ether oxygens (including phenoxy) is 2. The van der Waals surface area contributed by atoms with Crippen molar-refractivity contribution in [3.63, 3.8) is 0 Å². The zero-order chi connectivity index (χ0) is 20.4. The molecule has 1 aliphatic rings. The lowest BCUT2D eigenvalue weighted by Crippen LogP contribution is -2.11. The van der Waals surface area contributed by atoms with E-state index in [4.69, 9.17) is 32.7 Å². The number of ketones is 2. The second-order valence-corrected chi connectivity index (χ2v) is 7.10. The van der Waals surface area contributed by atoms with Gasteiger partial charge in [-0.2, -0.15) is 0 Å². The van der Waals surface area contributed by atoms with E-state index in [0.717, 1.165) is 0 Å². The molecule has 0 N–H and O–H groups in total. The number of rotatable bonds is 5. The number of Topliss-reactive ketones (excluding diaryl/α,β-unsaturated/α-hetero) is 2. The minimum atomic E-state index is -0.261. The summed E-state index contributed by atoms with van der Waals surface area (Å²) in [5, 5.41) is 0.736. The molecule has 0 amide bonds. The highest BCUT2D eigenvalue weighted by Gasteiger charge is 2.28. The van der Waals surface area contributed by atoms with Crippen LogP contribution in [-0.4, -0.2) is 18.2 Å². The quantitative estimate of drug-likeness (QED) is 0.379. The van der Waals surface area contributed by atoms with Crippen molar-refractivity contribution >= 4 is 40.8 Å². The molecule has 29 heavy (non-hydrogen) atoms. The van der Waals surface area contributed by atoms with Gasteiger partial charge in [0.2, 0.25) is 5.78 Å². The van der Waals surface area contributed by atoms with Crippen LogP contribution in [0.25, 0.3) is 6.08 Å². The number of carbonyl (C=O) groups excluding carboxylic acids is 2. The van der Waals surface area contributed by atoms with Gasteiger partial charge in [0.25, 0.3) is 0 Å². The summed E-state index contributed by atoms with van der Waals surface area (Å²) in [5.74, 6) is 0.538. The number of hydrogen-bond acceptors (Lipinski definition) is 4. The van der Waals surface area contributed by atoms with Gasteiger partial charge >= 0.3 is 0 Å². The maximum atomic E-state index is 12.6. The molecule has 0 spiro atoms. The van der Waals surface area contributed by atoms with Crippen LogP contribution < -0.4 is 9.47 Å². The first-order chi connectivity index (χ1) is 14.0. The summed E-state index contributed by atoms with van der Waals surface area (Å²) in [6, 6.07) is 18.9. The lowest BCUT2D eigenvalue weighted by Gasteiger charge is -2.07. The second kappa shape index (κ2) is 8.11. The molecule has 0 atom stereocenters. The molecule has 0 aromatic heterocycles. The first-order valence-corrected chi connectivity index (χ1v) is 9.52. The molecule has 0 saturated carbocycles. The van der Waals surface area contributed by atoms with E-state index in [2.05, 4.69) is 0 Å². The molecule has 1 heterocycles. The maximum Gasteiger partial charge on any atom is 0.231 e. The molecule has 4 rings (SSSR count). The number of halogens is 2. The molecular formula is C23H14Cl2O4. The smallest absolute Gasteiger partial charge is 0.231 e. The monoisotopic (exact) mass is 424 g/mol. The van der Waals surface area contributed by atoms with Crippen molar-refractivity contribution in [2.75, 3.05) is 6.61 Å². The molecule has 3 aromatic rings. The molecule has 0 unspecified atom stereocenters. The average Bonchev–Trinajstić information content (AvgIpc) is 3.05. The number of carbonyl (C=O) groups is 2. The lowest BCUT2D eigenvalue weighted by molar-refractivity contribution is 0.0921. The second-order valence-electron chi connectivity index (χ2n) is 6.32. The zero-order valence-electron chi connectivity index (χ0n) is 15.0. The Bertz CT molecular complexity index is 1140. The molecule has 3 aromatic carbocycles. The molecule has 0 bridgehead atoms. The average molecular weight is 425 g/mol. The summed E-state index contributed by atoms with van der Waals surface area (Å²) in [4.78, 5) is 24.8. The van der Waals surface area contributed by atoms with E-state index < -0.39 is 0 Å². The number of benzene rings is 3. The minimum absolute atomic E-state index is 0.114. The zero-order valence-corrected chi connectivity index (χ0v) is 16.5. The Hall–Kier alpha value is -3.08. The summed E-state index contributed by atoms with van der Waals surface area (Å²) in [6.07, 6.45) is 1.55. The predicted molar refractivity (Wildman–Crippen MR) is 112 cm³/mol. The number of allylic oxidation sites excluding steroid dienone is 1. The number of hydrogen-bond donors (Lipinski definition) is 0. The summed E-state index contributed by atoms with van der Waals surface area (Å²) in [5.41, 5.74) is 1.57. The van der Waals surface area contributed by atoms with Crippen LogP contribution >= 0.6 is 23.2 Å². The summed E-state index contributed by atoms with van der Waals surface area (Å²) >= 11 is 12.2. The molecular weight excluding hydrogens is 411 g/mol. The summed E-state index contributed by atoms with van der Waals surface area (Å²) in [7, 11) is 0. The van der Waals surface area contributed by atoms with Crippen molar-refractivity contribution < 1.29 is 19.1 Å². The van der Waals surface area contributed by atoms with Crippen LogP contribution in [0.1, 0.15) is 26.3 Å². The van der Waals surface area contributed by atoms with Crippen LogP contribution in [0.15, 0.2) is 72.5 Å². The van der Waals surface area contributed by atoms with Crippen LogP contribution in [0.2, 0.25) is 10.0 Å². The van der Waals surface area contributed by atoms with Crippen molar-refractivity contribution in [2.24, 2.45) is 0 Å². The van der Waals surface area contributed by atoms with Crippen molar-refractivity contribution in [3.8, 4) is 11.5 Å². The highest BCUT2D eigenvalue weighted by Crippen LogP contribution is 2.36. The first-order valence-electron chi connectivity index (χ1n) is 8.76. The summed E-state index contributed by atoms with van der Waals surface area (Å²) in [6.45, 7) is -0.114. The van der Waals surface area contributed by atoms with Crippen molar-refractivity contribution in [1.82, 2.24) is 0 Å². The van der Waals surface area contributed by atoms with Crippen LogP contribution in [0.4, 0.5) is 0 Å². The normalized spacial score (nSPS) is 13.9. The van der Waals surface area contributed by atoms with E-state index >= 15 is 0 Å². The van der Waals surface area contributed by atoms with Crippen LogP contribution in [-0.2, 0) is 0 Å². The Balaban J connectivity index is 1.51. The Morgan fingerprint density at radius 3 is 2.59 bits per heavy atom. The van der Waals surface area contributed by atoms with Crippen molar-refractivity contribution in [1.29, 1.82) is 0 Å². The molecule has 0 aliphatic carbocycles. The maximum absolute atomic E-state index is 12.6. The lowest BCUT2D eigenvalue weighted by atomic mass is 10.1. The third kappa shape index (κ3) is 4.04. The fourth-order valence-corrected chi connectivity index (χ4v) is 3.25. The molecule has 0 saturated heterocycles. The van der Waals surface area contributed by atoms with Crippen LogP contribution in [0, 0.1) is 0 Å². The van der Waals surface area contributed by atoms with Gasteiger partial charge in [-0.25, -0.2) is 0 Å². The van der Waals surface area contributed by atoms with Gasteiger partial charge < -0.3 is 9.47 Å². The fourth-order valence-electron chi connectivity index (χ4n) is 2.89. The standard InChI is InChI=1S/C23H14Cl2O4/c24-18-8-4-7-15(22(18)25)11-21-23(27)17-10-9-16(12-20(17)29-21)28-13-19(26)14-5-2-1-3-6-14/h1-12H,13H2. The molecule has 0 radical (unpaired) electrons. The third-order valence-electron chi connectivity index (χ3n) is 4.38. The molecule has 6 heteroatoms. The molecule has 0 fully saturated rings. The Kier molecular flexibility index (Phi) is 5.38. The van der Waals surface area contributed by atoms with Gasteiger partial charge in [-0.3, -0.25) is 9.59 Å². The van der Waals surface area contributed by atoms with Gasteiger partial charge in [0.15, 0.2) is 18.1 Å². The van der Waals surface area contributed by atoms with Crippen LogP contribution in [0.5, 0.6) is 11.5 Å². The van der Waals surface area contributed by atoms with Gasteiger partial charge in [-0.1, -0.05) is 65.7 Å². The highest BCUT2D eigenvalue weighted by molar-refractivity contribution is 6.43. The van der Waals surface area contributed by atoms with E-state index in [-0.39, 0.29) is 23.9 Å². The van der Waals surface area contributed by atoms with Crippen molar-refractivity contribution in [3.05, 3.63) is 99.2 Å². The van der Waals surface area contributed by atoms with Crippen molar-refractivity contribution in [2.45, 2.75) is 0 Å². The van der Waals surface area contributed by atoms with Gasteiger partial charge in [-0.05, 0) is 29.8 Å². The number of fused-ring (bicyclic) bond motifs is 1. The van der Waals surface area contributed by atoms with Gasteiger partial charge in [-0.15, -0.1) is 0 Å². The SMILES string of the molecule is O=C(COc1ccc2c(c1)OC(=Cc1cccc(Cl)c1Cl)C2=O)c1ccccc1. The summed E-state index contributed by atoms with van der Waals surface area (Å²) < 4.78 is 11.3. The Morgan fingerprint density at radius 2 is 1.79 bits per heavy atom. The van der Waals surface area contributed by atoms with Gasteiger partial charge in [0.05, 0.1) is 15.6 Å². The molecule has 4 nitrogen and oxygen atoms in total.